The molecule has 3 rings (SSSR count). The van der Waals surface area contributed by atoms with Gasteiger partial charge in [0, 0.05) is 20.2 Å². The Hall–Kier alpha value is -3.05. The molecule has 0 saturated carbocycles. The van der Waals surface area contributed by atoms with Gasteiger partial charge in [0.05, 0.1) is 44.5 Å². The average Bonchev–Trinajstić information content (AvgIpc) is 3.21. The zero-order valence-electron chi connectivity index (χ0n) is 18.0. The third-order valence-corrected chi connectivity index (χ3v) is 5.06. The highest BCUT2D eigenvalue weighted by Crippen LogP contribution is 2.30. The maximum Gasteiger partial charge on any atom is 0.255 e. The minimum absolute atomic E-state index is 0.256. The Morgan fingerprint density at radius 2 is 2.00 bits per heavy atom. The predicted molar refractivity (Wildman–Crippen MR) is 119 cm³/mol. The van der Waals surface area contributed by atoms with E-state index in [1.165, 1.54) is 26.0 Å². The third-order valence-electron chi connectivity index (χ3n) is 4.51. The largest absolute Gasteiger partial charge is 0.493 e. The van der Waals surface area contributed by atoms with Crippen molar-refractivity contribution < 1.29 is 19.0 Å². The molecular formula is C20H26N6O4S. The van der Waals surface area contributed by atoms with Gasteiger partial charge in [-0.1, -0.05) is 17.8 Å². The summed E-state index contributed by atoms with van der Waals surface area (Å²) in [5.41, 5.74) is 1.11. The first-order chi connectivity index (χ1) is 15.1. The number of nitrogens with one attached hydrogen (secondary N) is 2. The number of ether oxygens (including phenoxy) is 3. The van der Waals surface area contributed by atoms with Gasteiger partial charge in [-0.3, -0.25) is 4.79 Å². The Bertz CT molecular complexity index is 1040. The molecular weight excluding hydrogens is 420 g/mol. The van der Waals surface area contributed by atoms with E-state index in [1.54, 1.807) is 36.2 Å². The van der Waals surface area contributed by atoms with Crippen LogP contribution < -0.4 is 20.1 Å². The fraction of sp³-hybridized carbons (Fsp3) is 0.400. The van der Waals surface area contributed by atoms with E-state index in [-0.39, 0.29) is 5.91 Å². The Morgan fingerprint density at radius 3 is 2.71 bits per heavy atom. The van der Waals surface area contributed by atoms with Crippen LogP contribution in [0.15, 0.2) is 29.6 Å². The molecule has 11 heteroatoms. The number of para-hydroxylation sites is 1. The van der Waals surface area contributed by atoms with Crippen molar-refractivity contribution in [2.45, 2.75) is 11.7 Å². The quantitative estimate of drug-likeness (QED) is 0.260. The van der Waals surface area contributed by atoms with E-state index >= 15 is 0 Å². The van der Waals surface area contributed by atoms with Crippen LogP contribution in [0.5, 0.6) is 11.5 Å². The molecule has 0 aliphatic rings. The summed E-state index contributed by atoms with van der Waals surface area (Å²) >= 11 is 1.45. The number of benzene rings is 1. The van der Waals surface area contributed by atoms with Crippen molar-refractivity contribution in [1.82, 2.24) is 25.1 Å². The number of carbonyl (C=O) groups is 1. The summed E-state index contributed by atoms with van der Waals surface area (Å²) in [6, 6.07) is 5.18. The standard InChI is InChI=1S/C20H26N6O4S/c1-28-11-9-21-17-14-12-23-26(18(14)25-20(24-17)31-4)10-8-22-19(27)13-6-5-7-15(29-2)16(13)30-3/h5-7,12H,8-11H2,1-4H3,(H,22,27)(H,21,24,25). The molecule has 0 radical (unpaired) electrons. The zero-order valence-corrected chi connectivity index (χ0v) is 18.8. The molecule has 2 heterocycles. The monoisotopic (exact) mass is 446 g/mol. The van der Waals surface area contributed by atoms with Crippen LogP contribution >= 0.6 is 11.8 Å². The second kappa shape index (κ2) is 10.8. The first-order valence-corrected chi connectivity index (χ1v) is 10.8. The molecule has 2 N–H and O–H groups in total. The second-order valence-corrected chi connectivity index (χ2v) is 7.15. The highest BCUT2D eigenvalue weighted by Gasteiger charge is 2.17. The van der Waals surface area contributed by atoms with Crippen LogP contribution in [-0.2, 0) is 11.3 Å². The minimum Gasteiger partial charge on any atom is -0.493 e. The lowest BCUT2D eigenvalue weighted by molar-refractivity contribution is 0.0948. The topological polar surface area (TPSA) is 112 Å². The maximum atomic E-state index is 12.7. The SMILES string of the molecule is COCCNc1nc(SC)nc2c1cnn2CCNC(=O)c1cccc(OC)c1OC. The number of thioether (sulfide) groups is 1. The van der Waals surface area contributed by atoms with Crippen LogP contribution in [0, 0.1) is 0 Å². The smallest absolute Gasteiger partial charge is 0.255 e. The van der Waals surface area contributed by atoms with Gasteiger partial charge in [0.1, 0.15) is 5.82 Å². The molecule has 166 valence electrons. The summed E-state index contributed by atoms with van der Waals surface area (Å²) in [5, 5.41) is 12.0. The Labute approximate surface area is 184 Å². The first-order valence-electron chi connectivity index (χ1n) is 9.62. The van der Waals surface area contributed by atoms with Gasteiger partial charge in [0.2, 0.25) is 0 Å². The van der Waals surface area contributed by atoms with Gasteiger partial charge in [-0.05, 0) is 18.4 Å². The molecule has 0 spiro atoms. The fourth-order valence-electron chi connectivity index (χ4n) is 3.03. The Morgan fingerprint density at radius 1 is 1.16 bits per heavy atom. The first kappa shape index (κ1) is 22.6. The zero-order chi connectivity index (χ0) is 22.2. The Kier molecular flexibility index (Phi) is 7.90. The Balaban J connectivity index is 1.73. The summed E-state index contributed by atoms with van der Waals surface area (Å²) in [6.07, 6.45) is 3.64. The number of anilines is 1. The molecule has 0 bridgehead atoms. The van der Waals surface area contributed by atoms with E-state index in [4.69, 9.17) is 14.2 Å². The number of carbonyl (C=O) groups excluding carboxylic acids is 1. The lowest BCUT2D eigenvalue weighted by atomic mass is 10.1. The van der Waals surface area contributed by atoms with Crippen LogP contribution in [0.4, 0.5) is 5.82 Å². The molecule has 1 aromatic carbocycles. The highest BCUT2D eigenvalue weighted by molar-refractivity contribution is 7.98. The minimum atomic E-state index is -0.256. The number of amides is 1. The lowest BCUT2D eigenvalue weighted by Gasteiger charge is -2.13. The van der Waals surface area contributed by atoms with Gasteiger partial charge in [-0.2, -0.15) is 5.10 Å². The van der Waals surface area contributed by atoms with E-state index in [9.17, 15) is 4.79 Å². The van der Waals surface area contributed by atoms with Crippen molar-refractivity contribution in [3.05, 3.63) is 30.0 Å². The number of rotatable bonds is 11. The predicted octanol–water partition coefficient (Wildman–Crippen LogP) is 2.05. The van der Waals surface area contributed by atoms with Crippen LogP contribution in [0.25, 0.3) is 11.0 Å². The van der Waals surface area contributed by atoms with Crippen LogP contribution in [0.2, 0.25) is 0 Å². The van der Waals surface area contributed by atoms with Crippen LogP contribution in [-0.4, -0.2) is 72.9 Å². The van der Waals surface area contributed by atoms with Gasteiger partial charge in [0.25, 0.3) is 5.91 Å². The van der Waals surface area contributed by atoms with Gasteiger partial charge in [-0.15, -0.1) is 0 Å². The van der Waals surface area contributed by atoms with Crippen molar-refractivity contribution in [2.75, 3.05) is 52.6 Å². The van der Waals surface area contributed by atoms with Crippen LogP contribution in [0.1, 0.15) is 10.4 Å². The molecule has 10 nitrogen and oxygen atoms in total. The lowest BCUT2D eigenvalue weighted by Crippen LogP contribution is -2.28. The third kappa shape index (κ3) is 5.17. The summed E-state index contributed by atoms with van der Waals surface area (Å²) in [5.74, 6) is 1.36. The number of methoxy groups -OCH3 is 3. The average molecular weight is 447 g/mol. The van der Waals surface area contributed by atoms with Gasteiger partial charge in [-0.25, -0.2) is 14.6 Å². The highest BCUT2D eigenvalue weighted by atomic mass is 32.2. The van der Waals surface area contributed by atoms with Crippen molar-refractivity contribution >= 4 is 34.5 Å². The number of hydrogen-bond donors (Lipinski definition) is 2. The molecule has 31 heavy (non-hydrogen) atoms. The van der Waals surface area contributed by atoms with Crippen molar-refractivity contribution in [3.8, 4) is 11.5 Å². The molecule has 1 amide bonds. The molecule has 0 saturated heterocycles. The van der Waals surface area contributed by atoms with Crippen molar-refractivity contribution in [1.29, 1.82) is 0 Å². The van der Waals surface area contributed by atoms with Crippen molar-refractivity contribution in [3.63, 3.8) is 0 Å². The van der Waals surface area contributed by atoms with E-state index in [0.29, 0.717) is 59.9 Å². The second-order valence-electron chi connectivity index (χ2n) is 6.38. The summed E-state index contributed by atoms with van der Waals surface area (Å²) in [7, 11) is 4.69. The van der Waals surface area contributed by atoms with E-state index in [1.807, 2.05) is 6.26 Å². The fourth-order valence-corrected chi connectivity index (χ4v) is 3.39. The summed E-state index contributed by atoms with van der Waals surface area (Å²) in [6.45, 7) is 2.00. The maximum absolute atomic E-state index is 12.7. The number of nitrogens with zero attached hydrogens (tertiary/aromatic N) is 4. The molecule has 0 atom stereocenters. The van der Waals surface area contributed by atoms with Crippen LogP contribution in [0.3, 0.4) is 0 Å². The molecule has 0 aliphatic carbocycles. The molecule has 3 aromatic rings. The van der Waals surface area contributed by atoms with Gasteiger partial charge >= 0.3 is 0 Å². The number of hydrogen-bond acceptors (Lipinski definition) is 9. The number of fused-ring (bicyclic) bond motifs is 1. The van der Waals surface area contributed by atoms with Gasteiger partial charge < -0.3 is 24.8 Å². The van der Waals surface area contributed by atoms with E-state index in [0.717, 1.165) is 5.39 Å². The number of aromatic nitrogens is 4. The normalized spacial score (nSPS) is 10.8. The summed E-state index contributed by atoms with van der Waals surface area (Å²) < 4.78 is 17.4. The van der Waals surface area contributed by atoms with E-state index in [2.05, 4.69) is 25.7 Å². The van der Waals surface area contributed by atoms with Crippen molar-refractivity contribution in [2.24, 2.45) is 0 Å². The molecule has 0 aliphatic heterocycles. The summed E-state index contributed by atoms with van der Waals surface area (Å²) in [4.78, 5) is 21.8. The molecule has 0 unspecified atom stereocenters. The molecule has 0 fully saturated rings. The van der Waals surface area contributed by atoms with Gasteiger partial charge in [0.15, 0.2) is 22.3 Å². The molecule has 2 aromatic heterocycles. The van der Waals surface area contributed by atoms with E-state index < -0.39 is 0 Å².